The second-order valence-corrected chi connectivity index (χ2v) is 14.1. The minimum Gasteiger partial charge on any atom is -0.461 e. The van der Waals surface area contributed by atoms with Gasteiger partial charge in [-0.25, -0.2) is 14.4 Å². The standard InChI is InChI=1S/C45H40O9.C6H10O3.C2H2/c1-4-30-51-44(50)45(3)28-27-38(8-5-6-9-40(45)54-43(49)37-21-17-33(18-22-37)32-13-11-31(2)12-14-32)53-42(48)36-19-15-34(16-20-36)35-23-25-39(26-24-35)52-41(47)10-7-29-46;1-3-6(7)9-5-4-8-2;1-2/h4-5,8-9,11-27,29H,1,6-7,10,28,30H2,2-3H3;3H,1,4-5H2,2H3;1-2H/b8-5-,38-27+,40-9+;;. The second kappa shape index (κ2) is 27.2. The molecule has 12 heteroatoms. The molecular formula is C53H52O12. The number of methoxy groups -OCH3 is 1. The van der Waals surface area contributed by atoms with Gasteiger partial charge in [0.1, 0.15) is 42.2 Å². The predicted molar refractivity (Wildman–Crippen MR) is 247 cm³/mol. The van der Waals surface area contributed by atoms with Gasteiger partial charge in [-0.2, -0.15) is 0 Å². The van der Waals surface area contributed by atoms with Gasteiger partial charge in [-0.3, -0.25) is 9.59 Å². The number of esters is 5. The molecule has 0 N–H and O–H groups in total. The van der Waals surface area contributed by atoms with Gasteiger partial charge in [0.05, 0.1) is 24.2 Å². The van der Waals surface area contributed by atoms with E-state index in [4.69, 9.17) is 18.9 Å². The van der Waals surface area contributed by atoms with Crippen LogP contribution in [0.15, 0.2) is 158 Å². The lowest BCUT2D eigenvalue weighted by atomic mass is 9.83. The number of terminal acetylenes is 1. The Kier molecular flexibility index (Phi) is 21.6. The lowest BCUT2D eigenvalue weighted by molar-refractivity contribution is -0.153. The van der Waals surface area contributed by atoms with E-state index in [9.17, 15) is 28.8 Å². The molecule has 5 rings (SSSR count). The largest absolute Gasteiger partial charge is 0.461 e. The van der Waals surface area contributed by atoms with Crippen LogP contribution < -0.4 is 4.74 Å². The molecule has 0 spiro atoms. The molecule has 12 nitrogen and oxygen atoms in total. The molecule has 0 fully saturated rings. The molecule has 0 aliphatic heterocycles. The molecule has 0 heterocycles. The van der Waals surface area contributed by atoms with Crippen LogP contribution in [0.2, 0.25) is 0 Å². The lowest BCUT2D eigenvalue weighted by Crippen LogP contribution is -2.34. The van der Waals surface area contributed by atoms with Crippen molar-refractivity contribution in [3.8, 4) is 40.9 Å². The SMILES string of the molecule is C#C.C=CC(=O)OCCOC.C=CCOC(=O)C1(C)C/C=C(OC(=O)c2ccc(-c3ccc(OC(=O)CCC=O)cc3)cc2)\C=C/C/C=C\1OC(=O)c1ccc(-c2ccc(C)cc2)cc1. The van der Waals surface area contributed by atoms with E-state index in [0.29, 0.717) is 36.4 Å². The van der Waals surface area contributed by atoms with E-state index >= 15 is 0 Å². The Hall–Kier alpha value is -7.88. The van der Waals surface area contributed by atoms with Crippen molar-refractivity contribution in [3.63, 3.8) is 0 Å². The van der Waals surface area contributed by atoms with Crippen molar-refractivity contribution in [2.24, 2.45) is 5.41 Å². The number of carbonyl (C=O) groups excluding carboxylic acids is 6. The Morgan fingerprint density at radius 3 is 1.77 bits per heavy atom. The normalized spacial score (nSPS) is 16.0. The number of aldehydes is 1. The molecule has 65 heavy (non-hydrogen) atoms. The number of rotatable bonds is 17. The highest BCUT2D eigenvalue weighted by atomic mass is 16.6. The average molecular weight is 881 g/mol. The zero-order valence-electron chi connectivity index (χ0n) is 36.7. The Morgan fingerprint density at radius 2 is 1.25 bits per heavy atom. The number of benzene rings is 4. The monoisotopic (exact) mass is 880 g/mol. The minimum atomic E-state index is -1.45. The van der Waals surface area contributed by atoms with E-state index in [1.165, 1.54) is 6.08 Å². The molecule has 0 saturated carbocycles. The molecular weight excluding hydrogens is 829 g/mol. The fourth-order valence-electron chi connectivity index (χ4n) is 5.79. The third kappa shape index (κ3) is 16.4. The van der Waals surface area contributed by atoms with Crippen LogP contribution in [0.25, 0.3) is 22.3 Å². The third-order valence-electron chi connectivity index (χ3n) is 9.38. The first-order valence-electron chi connectivity index (χ1n) is 20.3. The maximum Gasteiger partial charge on any atom is 0.343 e. The Labute approximate surface area is 379 Å². The summed E-state index contributed by atoms with van der Waals surface area (Å²) in [5.74, 6) is -2.11. The van der Waals surface area contributed by atoms with Gasteiger partial charge >= 0.3 is 29.8 Å². The van der Waals surface area contributed by atoms with Crippen LogP contribution in [0.1, 0.15) is 58.9 Å². The van der Waals surface area contributed by atoms with Crippen LogP contribution in [0.4, 0.5) is 0 Å². The van der Waals surface area contributed by atoms with Crippen LogP contribution in [0.5, 0.6) is 5.75 Å². The lowest BCUT2D eigenvalue weighted by Gasteiger charge is -2.28. The van der Waals surface area contributed by atoms with Crippen molar-refractivity contribution in [2.75, 3.05) is 26.9 Å². The third-order valence-corrected chi connectivity index (χ3v) is 9.38. The topological polar surface area (TPSA) is 158 Å². The highest BCUT2D eigenvalue weighted by molar-refractivity contribution is 5.92. The van der Waals surface area contributed by atoms with Crippen molar-refractivity contribution in [3.05, 3.63) is 175 Å². The molecule has 0 radical (unpaired) electrons. The zero-order chi connectivity index (χ0) is 47.6. The smallest absolute Gasteiger partial charge is 0.343 e. The van der Waals surface area contributed by atoms with Crippen LogP contribution >= 0.6 is 0 Å². The molecule has 0 aromatic heterocycles. The highest BCUT2D eigenvalue weighted by Crippen LogP contribution is 2.37. The van der Waals surface area contributed by atoms with Gasteiger partial charge in [-0.1, -0.05) is 91.5 Å². The van der Waals surface area contributed by atoms with Gasteiger partial charge in [-0.05, 0) is 104 Å². The number of hydrogen-bond acceptors (Lipinski definition) is 12. The summed E-state index contributed by atoms with van der Waals surface area (Å²) in [6.07, 6.45) is 18.2. The fourth-order valence-corrected chi connectivity index (χ4v) is 5.79. The van der Waals surface area contributed by atoms with E-state index in [0.717, 1.165) is 33.9 Å². The summed E-state index contributed by atoms with van der Waals surface area (Å²) in [5.41, 5.74) is 3.91. The van der Waals surface area contributed by atoms with Crippen LogP contribution in [-0.2, 0) is 42.9 Å². The Bertz CT molecular complexity index is 2370. The number of aryl methyl sites for hydroxylation is 1. The van der Waals surface area contributed by atoms with Crippen molar-refractivity contribution < 1.29 is 57.2 Å². The molecule has 4 aromatic rings. The van der Waals surface area contributed by atoms with Crippen molar-refractivity contribution >= 4 is 36.1 Å². The maximum absolute atomic E-state index is 13.5. The van der Waals surface area contributed by atoms with E-state index in [2.05, 4.69) is 35.5 Å². The molecule has 336 valence electrons. The molecule has 1 unspecified atom stereocenters. The van der Waals surface area contributed by atoms with E-state index < -0.39 is 35.3 Å². The average Bonchev–Trinajstić information content (AvgIpc) is 3.40. The summed E-state index contributed by atoms with van der Waals surface area (Å²) in [4.78, 5) is 72.8. The van der Waals surface area contributed by atoms with Crippen molar-refractivity contribution in [1.29, 1.82) is 0 Å². The number of hydrogen-bond donors (Lipinski definition) is 0. The quantitative estimate of drug-likeness (QED) is 0.0145. The van der Waals surface area contributed by atoms with Crippen LogP contribution in [0.3, 0.4) is 0 Å². The molecule has 1 aliphatic carbocycles. The molecule has 1 atom stereocenters. The molecule has 0 amide bonds. The van der Waals surface area contributed by atoms with E-state index in [-0.39, 0.29) is 43.8 Å². The molecule has 0 bridgehead atoms. The van der Waals surface area contributed by atoms with Gasteiger partial charge in [0, 0.05) is 19.6 Å². The highest BCUT2D eigenvalue weighted by Gasteiger charge is 2.41. The number of carbonyl (C=O) groups is 6. The summed E-state index contributed by atoms with van der Waals surface area (Å²) in [7, 11) is 1.54. The molecule has 4 aromatic carbocycles. The first kappa shape index (κ1) is 51.5. The summed E-state index contributed by atoms with van der Waals surface area (Å²) < 4.78 is 31.5. The summed E-state index contributed by atoms with van der Waals surface area (Å²) in [6.45, 7) is 11.2. The number of ether oxygens (including phenoxy) is 6. The zero-order valence-corrected chi connectivity index (χ0v) is 36.7. The predicted octanol–water partition coefficient (Wildman–Crippen LogP) is 9.69. The molecule has 1 aliphatic rings. The summed E-state index contributed by atoms with van der Waals surface area (Å²) in [5, 5.41) is 0. The number of allylic oxidation sites excluding steroid dienone is 4. The summed E-state index contributed by atoms with van der Waals surface area (Å²) >= 11 is 0. The Morgan fingerprint density at radius 1 is 0.708 bits per heavy atom. The van der Waals surface area contributed by atoms with Gasteiger partial charge in [0.2, 0.25) is 0 Å². The summed E-state index contributed by atoms with van der Waals surface area (Å²) in [6, 6.07) is 28.8. The van der Waals surface area contributed by atoms with Gasteiger partial charge in [0.15, 0.2) is 0 Å². The maximum atomic E-state index is 13.5. The van der Waals surface area contributed by atoms with Gasteiger partial charge in [0.25, 0.3) is 0 Å². The van der Waals surface area contributed by atoms with E-state index in [1.54, 1.807) is 99.0 Å². The minimum absolute atomic E-state index is 0.00975. The fraction of sp³-hybridized carbons (Fsp3) is 0.208. The second-order valence-electron chi connectivity index (χ2n) is 14.1. The van der Waals surface area contributed by atoms with Gasteiger partial charge in [-0.15, -0.1) is 12.8 Å². The van der Waals surface area contributed by atoms with Crippen LogP contribution in [0, 0.1) is 25.2 Å². The van der Waals surface area contributed by atoms with Crippen LogP contribution in [-0.4, -0.2) is 63.1 Å². The van der Waals surface area contributed by atoms with Crippen molar-refractivity contribution in [2.45, 2.75) is 39.5 Å². The van der Waals surface area contributed by atoms with Crippen molar-refractivity contribution in [1.82, 2.24) is 0 Å². The molecule has 0 saturated heterocycles. The van der Waals surface area contributed by atoms with Gasteiger partial charge < -0.3 is 33.2 Å². The van der Waals surface area contributed by atoms with E-state index in [1.807, 2.05) is 43.3 Å². The first-order chi connectivity index (χ1) is 31.4. The first-order valence-corrected chi connectivity index (χ1v) is 20.3. The Balaban J connectivity index is 0.000000910.